The molecule has 4 N–H and O–H groups in total. The van der Waals surface area contributed by atoms with Gasteiger partial charge in [0.1, 0.15) is 5.82 Å². The minimum Gasteiger partial charge on any atom is -0.370 e. The van der Waals surface area contributed by atoms with E-state index in [9.17, 15) is 0 Å². The third kappa shape index (κ3) is 3.74. The molecule has 0 radical (unpaired) electrons. The van der Waals surface area contributed by atoms with Gasteiger partial charge in [0.2, 0.25) is 0 Å². The second-order valence-corrected chi connectivity index (χ2v) is 5.70. The van der Waals surface area contributed by atoms with E-state index in [2.05, 4.69) is 20.3 Å². The van der Waals surface area contributed by atoms with Gasteiger partial charge in [-0.05, 0) is 25.0 Å². The summed E-state index contributed by atoms with van der Waals surface area (Å²) < 4.78 is 0. The lowest BCUT2D eigenvalue weighted by atomic mass is 9.96. The number of aromatic amines is 1. The molecule has 3 rings (SSSR count). The Bertz CT molecular complexity index is 577. The molecule has 0 bridgehead atoms. The molecule has 1 saturated carbocycles. The van der Waals surface area contributed by atoms with Gasteiger partial charge in [-0.1, -0.05) is 31.4 Å². The van der Waals surface area contributed by atoms with Gasteiger partial charge in [0.15, 0.2) is 5.96 Å². The molecule has 5 nitrogen and oxygen atoms in total. The molecule has 1 aliphatic rings. The molecule has 21 heavy (non-hydrogen) atoms. The Hall–Kier alpha value is -2.04. The minimum absolute atomic E-state index is 0.508. The predicted octanol–water partition coefficient (Wildman–Crippen LogP) is 2.34. The fourth-order valence-electron chi connectivity index (χ4n) is 2.91. The monoisotopic (exact) mass is 285 g/mol. The highest BCUT2D eigenvalue weighted by Gasteiger charge is 2.13. The zero-order chi connectivity index (χ0) is 14.5. The fourth-order valence-corrected chi connectivity index (χ4v) is 2.91. The van der Waals surface area contributed by atoms with Crippen LogP contribution in [0.3, 0.4) is 0 Å². The Kier molecular flexibility index (Phi) is 4.38. The largest absolute Gasteiger partial charge is 0.370 e. The van der Waals surface area contributed by atoms with Crippen LogP contribution in [-0.4, -0.2) is 28.5 Å². The summed E-state index contributed by atoms with van der Waals surface area (Å²) in [5, 5.41) is 3.33. The first-order valence-corrected chi connectivity index (χ1v) is 7.81. The normalized spacial score (nSPS) is 17.2. The summed E-state index contributed by atoms with van der Waals surface area (Å²) in [5.74, 6) is 1.53. The lowest BCUT2D eigenvalue weighted by Crippen LogP contribution is -2.41. The van der Waals surface area contributed by atoms with E-state index in [1.807, 2.05) is 24.3 Å². The highest BCUT2D eigenvalue weighted by Crippen LogP contribution is 2.17. The van der Waals surface area contributed by atoms with Crippen molar-refractivity contribution in [1.29, 1.82) is 0 Å². The fraction of sp³-hybridized carbons (Fsp3) is 0.500. The third-order valence-electron chi connectivity index (χ3n) is 4.03. The summed E-state index contributed by atoms with van der Waals surface area (Å²) in [6, 6.07) is 8.56. The average molecular weight is 285 g/mol. The van der Waals surface area contributed by atoms with Crippen LogP contribution in [0.5, 0.6) is 0 Å². The summed E-state index contributed by atoms with van der Waals surface area (Å²) in [6.45, 7) is 0.658. The lowest BCUT2D eigenvalue weighted by Gasteiger charge is -2.23. The third-order valence-corrected chi connectivity index (χ3v) is 4.03. The van der Waals surface area contributed by atoms with Crippen LogP contribution in [0.1, 0.15) is 37.9 Å². The lowest BCUT2D eigenvalue weighted by molar-refractivity contribution is 0.412. The topological polar surface area (TPSA) is 79.1 Å². The van der Waals surface area contributed by atoms with E-state index in [0.29, 0.717) is 18.5 Å². The van der Waals surface area contributed by atoms with E-state index in [4.69, 9.17) is 5.73 Å². The van der Waals surface area contributed by atoms with Crippen molar-refractivity contribution < 1.29 is 0 Å². The molecule has 0 unspecified atom stereocenters. The van der Waals surface area contributed by atoms with Crippen molar-refractivity contribution in [2.45, 2.75) is 44.6 Å². The van der Waals surface area contributed by atoms with Gasteiger partial charge in [0.25, 0.3) is 0 Å². The molecule has 112 valence electrons. The van der Waals surface area contributed by atoms with Crippen LogP contribution in [0.2, 0.25) is 0 Å². The number of para-hydroxylation sites is 2. The number of hydrogen-bond acceptors (Lipinski definition) is 2. The number of hydrogen-bond donors (Lipinski definition) is 3. The number of rotatable bonds is 4. The Morgan fingerprint density at radius 3 is 2.90 bits per heavy atom. The molecule has 0 spiro atoms. The van der Waals surface area contributed by atoms with Crippen molar-refractivity contribution >= 4 is 17.0 Å². The van der Waals surface area contributed by atoms with Crippen molar-refractivity contribution in [1.82, 2.24) is 15.3 Å². The zero-order valence-corrected chi connectivity index (χ0v) is 12.3. The first kappa shape index (κ1) is 13.9. The molecule has 0 saturated heterocycles. The van der Waals surface area contributed by atoms with Crippen molar-refractivity contribution in [3.05, 3.63) is 30.1 Å². The minimum atomic E-state index is 0.508. The van der Waals surface area contributed by atoms with E-state index in [0.717, 1.165) is 23.3 Å². The number of benzene rings is 1. The number of aromatic nitrogens is 2. The van der Waals surface area contributed by atoms with Crippen molar-refractivity contribution in [3.63, 3.8) is 0 Å². The van der Waals surface area contributed by atoms with Crippen LogP contribution in [-0.2, 0) is 6.42 Å². The van der Waals surface area contributed by atoms with Crippen LogP contribution >= 0.6 is 0 Å². The summed E-state index contributed by atoms with van der Waals surface area (Å²) in [5.41, 5.74) is 8.03. The second kappa shape index (κ2) is 6.61. The molecule has 0 aliphatic heterocycles. The summed E-state index contributed by atoms with van der Waals surface area (Å²) in [7, 11) is 0. The highest BCUT2D eigenvalue weighted by atomic mass is 15.1. The molecule has 1 aromatic heterocycles. The standard InChI is InChI=1S/C16H23N5/c17-16(19-12-6-2-1-3-7-12)18-11-10-15-20-13-8-4-5-9-14(13)21-15/h4-5,8-9,12H,1-3,6-7,10-11H2,(H,20,21)(H3,17,18,19). The highest BCUT2D eigenvalue weighted by molar-refractivity contribution is 5.78. The Morgan fingerprint density at radius 2 is 2.10 bits per heavy atom. The van der Waals surface area contributed by atoms with Crippen molar-refractivity contribution in [2.24, 2.45) is 10.7 Å². The van der Waals surface area contributed by atoms with Crippen molar-refractivity contribution in [3.8, 4) is 0 Å². The number of fused-ring (bicyclic) bond motifs is 1. The number of nitrogens with one attached hydrogen (secondary N) is 2. The number of aliphatic imine (C=N–C) groups is 1. The molecule has 2 aromatic rings. The smallest absolute Gasteiger partial charge is 0.188 e. The van der Waals surface area contributed by atoms with Crippen molar-refractivity contribution in [2.75, 3.05) is 6.54 Å². The summed E-state index contributed by atoms with van der Waals surface area (Å²) in [6.07, 6.45) is 7.14. The van der Waals surface area contributed by atoms with Gasteiger partial charge in [-0.3, -0.25) is 4.99 Å². The molecule has 1 fully saturated rings. The molecule has 0 atom stereocenters. The van der Waals surface area contributed by atoms with Crippen LogP contribution in [0.15, 0.2) is 29.3 Å². The van der Waals surface area contributed by atoms with Gasteiger partial charge in [0, 0.05) is 19.0 Å². The zero-order valence-electron chi connectivity index (χ0n) is 12.3. The summed E-state index contributed by atoms with van der Waals surface area (Å²) in [4.78, 5) is 12.3. The maximum absolute atomic E-state index is 5.95. The van der Waals surface area contributed by atoms with E-state index < -0.39 is 0 Å². The van der Waals surface area contributed by atoms with E-state index >= 15 is 0 Å². The number of nitrogens with two attached hydrogens (primary N) is 1. The first-order valence-electron chi connectivity index (χ1n) is 7.81. The first-order chi connectivity index (χ1) is 10.3. The average Bonchev–Trinajstić information content (AvgIpc) is 2.91. The quantitative estimate of drug-likeness (QED) is 0.596. The molecule has 1 aromatic carbocycles. The van der Waals surface area contributed by atoms with Gasteiger partial charge < -0.3 is 16.0 Å². The van der Waals surface area contributed by atoms with Gasteiger partial charge in [-0.2, -0.15) is 0 Å². The number of guanidine groups is 1. The summed E-state index contributed by atoms with van der Waals surface area (Å²) >= 11 is 0. The Labute approximate surface area is 125 Å². The molecule has 5 heteroatoms. The number of imidazole rings is 1. The van der Waals surface area contributed by atoms with Crippen LogP contribution < -0.4 is 11.1 Å². The molecule has 0 amide bonds. The number of H-pyrrole nitrogens is 1. The van der Waals surface area contributed by atoms with E-state index in [1.165, 1.54) is 32.1 Å². The number of nitrogens with zero attached hydrogens (tertiary/aromatic N) is 2. The van der Waals surface area contributed by atoms with Gasteiger partial charge >= 0.3 is 0 Å². The van der Waals surface area contributed by atoms with Crippen LogP contribution in [0.4, 0.5) is 0 Å². The van der Waals surface area contributed by atoms with Gasteiger partial charge in [-0.15, -0.1) is 0 Å². The Balaban J connectivity index is 1.50. The maximum Gasteiger partial charge on any atom is 0.188 e. The van der Waals surface area contributed by atoms with E-state index in [-0.39, 0.29) is 0 Å². The van der Waals surface area contributed by atoms with E-state index in [1.54, 1.807) is 0 Å². The second-order valence-electron chi connectivity index (χ2n) is 5.70. The SMILES string of the molecule is NC(=NCCc1nc2ccccc2[nH]1)NC1CCCCC1. The maximum atomic E-state index is 5.95. The van der Waals surface area contributed by atoms with Crippen LogP contribution in [0, 0.1) is 0 Å². The van der Waals surface area contributed by atoms with Gasteiger partial charge in [0.05, 0.1) is 11.0 Å². The van der Waals surface area contributed by atoms with Gasteiger partial charge in [-0.25, -0.2) is 4.98 Å². The molecular weight excluding hydrogens is 262 g/mol. The Morgan fingerprint density at radius 1 is 1.29 bits per heavy atom. The molecule has 1 heterocycles. The van der Waals surface area contributed by atoms with Crippen LogP contribution in [0.25, 0.3) is 11.0 Å². The molecule has 1 aliphatic carbocycles. The molecular formula is C16H23N5. The predicted molar refractivity (Wildman–Crippen MR) is 86.3 cm³/mol.